The zero-order chi connectivity index (χ0) is 8.48. The number of thiazole rings is 1. The molecule has 1 aromatic rings. The Bertz CT molecular complexity index is 246. The number of carbonyl (C=O) groups is 1. The second-order valence-corrected chi connectivity index (χ2v) is 4.33. The van der Waals surface area contributed by atoms with Crippen LogP contribution in [-0.4, -0.2) is 10.8 Å². The van der Waals surface area contributed by atoms with Crippen molar-refractivity contribution in [2.24, 2.45) is 5.41 Å². The van der Waals surface area contributed by atoms with Gasteiger partial charge in [-0.05, 0) is 0 Å². The second kappa shape index (κ2) is 2.74. The Kier molecular flexibility index (Phi) is 2.09. The van der Waals surface area contributed by atoms with Gasteiger partial charge in [-0.25, -0.2) is 0 Å². The van der Waals surface area contributed by atoms with Gasteiger partial charge >= 0.3 is 0 Å². The summed E-state index contributed by atoms with van der Waals surface area (Å²) in [4.78, 5) is 16.1. The highest BCUT2D eigenvalue weighted by molar-refractivity contribution is 7.11. The van der Waals surface area contributed by atoms with Crippen LogP contribution in [0.25, 0.3) is 0 Å². The zero-order valence-electron chi connectivity index (χ0n) is 6.92. The molecule has 0 amide bonds. The van der Waals surface area contributed by atoms with Crippen molar-refractivity contribution in [1.82, 2.24) is 4.98 Å². The number of hydrogen-bond donors (Lipinski definition) is 0. The van der Waals surface area contributed by atoms with Crippen LogP contribution in [0.2, 0.25) is 0 Å². The fraction of sp³-hybridized carbons (Fsp3) is 0.500. The molecule has 2 nitrogen and oxygen atoms in total. The molecule has 0 saturated carbocycles. The summed E-state index contributed by atoms with van der Waals surface area (Å²) in [7, 11) is 0. The average Bonchev–Trinajstić information content (AvgIpc) is 2.34. The maximum absolute atomic E-state index is 11.5. The van der Waals surface area contributed by atoms with E-state index in [4.69, 9.17) is 0 Å². The minimum absolute atomic E-state index is 0.167. The quantitative estimate of drug-likeness (QED) is 0.604. The number of hydrogen-bond acceptors (Lipinski definition) is 3. The van der Waals surface area contributed by atoms with E-state index < -0.39 is 0 Å². The van der Waals surface area contributed by atoms with Gasteiger partial charge in [0.25, 0.3) is 0 Å². The average molecular weight is 169 g/mol. The van der Waals surface area contributed by atoms with E-state index in [2.05, 4.69) is 4.98 Å². The van der Waals surface area contributed by atoms with Crippen molar-refractivity contribution in [3.8, 4) is 0 Å². The van der Waals surface area contributed by atoms with Gasteiger partial charge in [0, 0.05) is 11.6 Å². The molecule has 0 aromatic carbocycles. The molecule has 0 aliphatic carbocycles. The van der Waals surface area contributed by atoms with Gasteiger partial charge in [-0.15, -0.1) is 11.3 Å². The Balaban J connectivity index is 2.88. The second-order valence-electron chi connectivity index (χ2n) is 3.44. The molecular weight excluding hydrogens is 158 g/mol. The molecule has 3 heteroatoms. The SMILES string of the molecule is CC(C)(C)C(=O)c1cncs1. The summed E-state index contributed by atoms with van der Waals surface area (Å²) in [5, 5.41) is 0. The highest BCUT2D eigenvalue weighted by Gasteiger charge is 2.23. The summed E-state index contributed by atoms with van der Waals surface area (Å²) in [6, 6.07) is 0. The lowest BCUT2D eigenvalue weighted by atomic mass is 9.90. The molecular formula is C8H11NOS. The van der Waals surface area contributed by atoms with E-state index in [-0.39, 0.29) is 11.2 Å². The predicted molar refractivity (Wildman–Crippen MR) is 45.9 cm³/mol. The highest BCUT2D eigenvalue weighted by atomic mass is 32.1. The molecule has 1 aromatic heterocycles. The summed E-state index contributed by atoms with van der Waals surface area (Å²) < 4.78 is 0. The van der Waals surface area contributed by atoms with Crippen molar-refractivity contribution in [3.63, 3.8) is 0 Å². The number of ketones is 1. The van der Waals surface area contributed by atoms with Crippen LogP contribution >= 0.6 is 11.3 Å². The summed E-state index contributed by atoms with van der Waals surface area (Å²) in [6.07, 6.45) is 1.62. The molecule has 0 atom stereocenters. The molecule has 1 heterocycles. The van der Waals surface area contributed by atoms with Crippen LogP contribution in [0, 0.1) is 5.41 Å². The third-order valence-electron chi connectivity index (χ3n) is 1.34. The normalized spacial score (nSPS) is 11.5. The molecule has 0 saturated heterocycles. The van der Waals surface area contributed by atoms with Crippen LogP contribution in [0.3, 0.4) is 0 Å². The summed E-state index contributed by atoms with van der Waals surface area (Å²) in [5.74, 6) is 0.167. The maximum atomic E-state index is 11.5. The molecule has 60 valence electrons. The van der Waals surface area contributed by atoms with Gasteiger partial charge in [0.1, 0.15) is 0 Å². The lowest BCUT2D eigenvalue weighted by Gasteiger charge is -2.14. The molecule has 0 radical (unpaired) electrons. The van der Waals surface area contributed by atoms with Crippen molar-refractivity contribution in [3.05, 3.63) is 16.6 Å². The Hall–Kier alpha value is -0.700. The lowest BCUT2D eigenvalue weighted by Crippen LogP contribution is -2.18. The Labute approximate surface area is 70.3 Å². The monoisotopic (exact) mass is 169 g/mol. The van der Waals surface area contributed by atoms with Crippen LogP contribution in [-0.2, 0) is 0 Å². The smallest absolute Gasteiger partial charge is 0.179 e. The van der Waals surface area contributed by atoms with Crippen molar-refractivity contribution in [2.75, 3.05) is 0 Å². The van der Waals surface area contributed by atoms with Gasteiger partial charge in [-0.2, -0.15) is 0 Å². The van der Waals surface area contributed by atoms with Gasteiger partial charge in [0.15, 0.2) is 5.78 Å². The van der Waals surface area contributed by atoms with Gasteiger partial charge in [-0.3, -0.25) is 9.78 Å². The number of rotatable bonds is 1. The lowest BCUT2D eigenvalue weighted by molar-refractivity contribution is 0.0862. The van der Waals surface area contributed by atoms with Crippen LogP contribution < -0.4 is 0 Å². The first kappa shape index (κ1) is 8.40. The first-order valence-corrected chi connectivity index (χ1v) is 4.33. The zero-order valence-corrected chi connectivity index (χ0v) is 7.73. The van der Waals surface area contributed by atoms with Crippen molar-refractivity contribution >= 4 is 17.1 Å². The first-order chi connectivity index (χ1) is 5.02. The Morgan fingerprint density at radius 1 is 1.55 bits per heavy atom. The van der Waals surface area contributed by atoms with Crippen molar-refractivity contribution in [2.45, 2.75) is 20.8 Å². The van der Waals surface area contributed by atoms with E-state index in [1.807, 2.05) is 20.8 Å². The number of aromatic nitrogens is 1. The molecule has 0 N–H and O–H groups in total. The van der Waals surface area contributed by atoms with Crippen molar-refractivity contribution in [1.29, 1.82) is 0 Å². The molecule has 0 spiro atoms. The van der Waals surface area contributed by atoms with Gasteiger partial charge in [-0.1, -0.05) is 20.8 Å². The van der Waals surface area contributed by atoms with E-state index in [9.17, 15) is 4.79 Å². The summed E-state index contributed by atoms with van der Waals surface area (Å²) in [5.41, 5.74) is 1.39. The van der Waals surface area contributed by atoms with E-state index in [0.29, 0.717) is 0 Å². The van der Waals surface area contributed by atoms with E-state index >= 15 is 0 Å². The van der Waals surface area contributed by atoms with Gasteiger partial charge in [0.2, 0.25) is 0 Å². The molecule has 0 fully saturated rings. The largest absolute Gasteiger partial charge is 0.293 e. The van der Waals surface area contributed by atoms with E-state index in [1.54, 1.807) is 11.7 Å². The van der Waals surface area contributed by atoms with Crippen LogP contribution in [0.1, 0.15) is 30.4 Å². The van der Waals surface area contributed by atoms with Crippen LogP contribution in [0.15, 0.2) is 11.7 Å². The number of nitrogens with zero attached hydrogens (tertiary/aromatic N) is 1. The third-order valence-corrected chi connectivity index (χ3v) is 2.11. The molecule has 0 bridgehead atoms. The topological polar surface area (TPSA) is 30.0 Å². The third kappa shape index (κ3) is 1.87. The highest BCUT2D eigenvalue weighted by Crippen LogP contribution is 2.22. The molecule has 0 aliphatic rings. The first-order valence-electron chi connectivity index (χ1n) is 3.45. The fourth-order valence-electron chi connectivity index (χ4n) is 0.698. The molecule has 0 aliphatic heterocycles. The Morgan fingerprint density at radius 2 is 2.18 bits per heavy atom. The van der Waals surface area contributed by atoms with Crippen LogP contribution in [0.4, 0.5) is 0 Å². The molecule has 11 heavy (non-hydrogen) atoms. The Morgan fingerprint density at radius 3 is 2.55 bits per heavy atom. The van der Waals surface area contributed by atoms with Gasteiger partial charge < -0.3 is 0 Å². The fourth-order valence-corrected chi connectivity index (χ4v) is 1.47. The minimum Gasteiger partial charge on any atom is -0.293 e. The number of carbonyl (C=O) groups excluding carboxylic acids is 1. The predicted octanol–water partition coefficient (Wildman–Crippen LogP) is 2.37. The maximum Gasteiger partial charge on any atom is 0.179 e. The van der Waals surface area contributed by atoms with E-state index in [1.165, 1.54) is 11.3 Å². The summed E-state index contributed by atoms with van der Waals surface area (Å²) >= 11 is 1.40. The summed E-state index contributed by atoms with van der Waals surface area (Å²) in [6.45, 7) is 5.74. The standard InChI is InChI=1S/C8H11NOS/c1-8(2,3)7(10)6-4-9-5-11-6/h4-5H,1-3H3. The van der Waals surface area contributed by atoms with Crippen molar-refractivity contribution < 1.29 is 4.79 Å². The van der Waals surface area contributed by atoms with E-state index in [0.717, 1.165) is 4.88 Å². The molecule has 1 rings (SSSR count). The van der Waals surface area contributed by atoms with Crippen LogP contribution in [0.5, 0.6) is 0 Å². The van der Waals surface area contributed by atoms with Gasteiger partial charge in [0.05, 0.1) is 10.4 Å². The number of Topliss-reactive ketones (excluding diaryl/α,β-unsaturated/α-hetero) is 1. The minimum atomic E-state index is -0.285. The molecule has 0 unspecified atom stereocenters.